The highest BCUT2D eigenvalue weighted by Gasteiger charge is 2.01. The minimum Gasteiger partial charge on any atom is -0.491 e. The van der Waals surface area contributed by atoms with Gasteiger partial charge in [0.15, 0.2) is 0 Å². The van der Waals surface area contributed by atoms with Gasteiger partial charge in [-0.2, -0.15) is 0 Å². The molecule has 1 aromatic carbocycles. The smallest absolute Gasteiger partial charge is 0.138 e. The third-order valence-corrected chi connectivity index (χ3v) is 2.25. The number of ether oxygens (including phenoxy) is 1. The van der Waals surface area contributed by atoms with Gasteiger partial charge in [0.1, 0.15) is 12.4 Å². The Labute approximate surface area is 99.0 Å². The SMILES string of the molecule is OCCNCCOc1ccc(Cl)cc1Cl. The van der Waals surface area contributed by atoms with Gasteiger partial charge in [-0.3, -0.25) is 0 Å². The molecule has 84 valence electrons. The summed E-state index contributed by atoms with van der Waals surface area (Å²) in [5.74, 6) is 0.617. The van der Waals surface area contributed by atoms with E-state index in [0.717, 1.165) is 0 Å². The number of hydrogen-bond acceptors (Lipinski definition) is 3. The molecule has 0 saturated heterocycles. The van der Waals surface area contributed by atoms with Crippen LogP contribution in [0.25, 0.3) is 0 Å². The van der Waals surface area contributed by atoms with E-state index in [0.29, 0.717) is 35.5 Å². The van der Waals surface area contributed by atoms with E-state index in [9.17, 15) is 0 Å². The lowest BCUT2D eigenvalue weighted by atomic mass is 10.3. The molecule has 0 aliphatic rings. The topological polar surface area (TPSA) is 41.5 Å². The zero-order chi connectivity index (χ0) is 11.1. The second kappa shape index (κ2) is 6.90. The maximum Gasteiger partial charge on any atom is 0.138 e. The Balaban J connectivity index is 2.31. The maximum atomic E-state index is 8.52. The van der Waals surface area contributed by atoms with Gasteiger partial charge in [0, 0.05) is 18.1 Å². The fraction of sp³-hybridized carbons (Fsp3) is 0.400. The lowest BCUT2D eigenvalue weighted by molar-refractivity contribution is 0.276. The highest BCUT2D eigenvalue weighted by Crippen LogP contribution is 2.27. The van der Waals surface area contributed by atoms with Crippen LogP contribution in [0.5, 0.6) is 5.75 Å². The van der Waals surface area contributed by atoms with E-state index in [1.807, 2.05) is 0 Å². The standard InChI is InChI=1S/C10H13Cl2NO2/c11-8-1-2-10(9(12)7-8)15-6-4-13-3-5-14/h1-2,7,13-14H,3-6H2. The lowest BCUT2D eigenvalue weighted by Crippen LogP contribution is -2.23. The predicted molar refractivity (Wildman–Crippen MR) is 61.9 cm³/mol. The van der Waals surface area contributed by atoms with Crippen LogP contribution < -0.4 is 10.1 Å². The van der Waals surface area contributed by atoms with Crippen molar-refractivity contribution < 1.29 is 9.84 Å². The van der Waals surface area contributed by atoms with Crippen LogP contribution in [0.15, 0.2) is 18.2 Å². The molecule has 1 rings (SSSR count). The van der Waals surface area contributed by atoms with Gasteiger partial charge >= 0.3 is 0 Å². The number of nitrogens with one attached hydrogen (secondary N) is 1. The molecule has 0 radical (unpaired) electrons. The van der Waals surface area contributed by atoms with Gasteiger partial charge in [-0.25, -0.2) is 0 Å². The monoisotopic (exact) mass is 249 g/mol. The fourth-order valence-electron chi connectivity index (χ4n) is 1.03. The van der Waals surface area contributed by atoms with Crippen molar-refractivity contribution in [2.24, 2.45) is 0 Å². The highest BCUT2D eigenvalue weighted by molar-refractivity contribution is 6.35. The summed E-state index contributed by atoms with van der Waals surface area (Å²) in [6, 6.07) is 5.10. The Kier molecular flexibility index (Phi) is 5.79. The Hall–Kier alpha value is -0.480. The normalized spacial score (nSPS) is 10.3. The molecule has 0 aliphatic carbocycles. The third-order valence-electron chi connectivity index (χ3n) is 1.72. The summed E-state index contributed by atoms with van der Waals surface area (Å²) >= 11 is 11.6. The fourth-order valence-corrected chi connectivity index (χ4v) is 1.49. The highest BCUT2D eigenvalue weighted by atomic mass is 35.5. The van der Waals surface area contributed by atoms with Gasteiger partial charge < -0.3 is 15.2 Å². The van der Waals surface area contributed by atoms with Crippen molar-refractivity contribution in [3.05, 3.63) is 28.2 Å². The summed E-state index contributed by atoms with van der Waals surface area (Å²) in [6.45, 7) is 1.86. The van der Waals surface area contributed by atoms with E-state index in [1.54, 1.807) is 18.2 Å². The quantitative estimate of drug-likeness (QED) is 0.758. The number of halogens is 2. The van der Waals surface area contributed by atoms with Crippen LogP contribution in [0.2, 0.25) is 10.0 Å². The van der Waals surface area contributed by atoms with Crippen molar-refractivity contribution >= 4 is 23.2 Å². The van der Waals surface area contributed by atoms with Crippen molar-refractivity contribution in [1.82, 2.24) is 5.32 Å². The maximum absolute atomic E-state index is 8.52. The molecule has 2 N–H and O–H groups in total. The summed E-state index contributed by atoms with van der Waals surface area (Å²) in [6.07, 6.45) is 0. The summed E-state index contributed by atoms with van der Waals surface area (Å²) in [5.41, 5.74) is 0. The molecular formula is C10H13Cl2NO2. The molecule has 1 aromatic rings. The van der Waals surface area contributed by atoms with Gasteiger partial charge in [0.2, 0.25) is 0 Å². The van der Waals surface area contributed by atoms with Crippen LogP contribution in [-0.4, -0.2) is 31.4 Å². The molecule has 15 heavy (non-hydrogen) atoms. The van der Waals surface area contributed by atoms with Crippen LogP contribution in [0.1, 0.15) is 0 Å². The van der Waals surface area contributed by atoms with E-state index in [2.05, 4.69) is 5.32 Å². The van der Waals surface area contributed by atoms with Gasteiger partial charge in [-0.05, 0) is 18.2 Å². The van der Waals surface area contributed by atoms with Gasteiger partial charge in [-0.15, -0.1) is 0 Å². The number of benzene rings is 1. The van der Waals surface area contributed by atoms with Crippen molar-refractivity contribution in [3.63, 3.8) is 0 Å². The van der Waals surface area contributed by atoms with Gasteiger partial charge in [0.05, 0.1) is 11.6 Å². The number of aliphatic hydroxyl groups is 1. The Morgan fingerprint density at radius 3 is 2.73 bits per heavy atom. The van der Waals surface area contributed by atoms with Crippen molar-refractivity contribution in [2.75, 3.05) is 26.3 Å². The molecule has 0 saturated carbocycles. The third kappa shape index (κ3) is 4.71. The molecule has 0 bridgehead atoms. The van der Waals surface area contributed by atoms with Crippen molar-refractivity contribution in [2.45, 2.75) is 0 Å². The predicted octanol–water partition coefficient (Wildman–Crippen LogP) is 1.95. The first-order valence-corrected chi connectivity index (χ1v) is 5.39. The molecule has 0 atom stereocenters. The number of aliphatic hydroxyl groups excluding tert-OH is 1. The summed E-state index contributed by atoms with van der Waals surface area (Å²) in [7, 11) is 0. The second-order valence-electron chi connectivity index (χ2n) is 2.90. The minimum atomic E-state index is 0.127. The Bertz CT molecular complexity index is 307. The number of rotatable bonds is 6. The molecule has 5 heteroatoms. The summed E-state index contributed by atoms with van der Waals surface area (Å²) < 4.78 is 5.40. The molecule has 0 aromatic heterocycles. The van der Waals surface area contributed by atoms with Crippen LogP contribution >= 0.6 is 23.2 Å². The molecule has 3 nitrogen and oxygen atoms in total. The van der Waals surface area contributed by atoms with E-state index >= 15 is 0 Å². The minimum absolute atomic E-state index is 0.127. The Morgan fingerprint density at radius 1 is 1.27 bits per heavy atom. The average molecular weight is 250 g/mol. The van der Waals surface area contributed by atoms with Gasteiger partial charge in [-0.1, -0.05) is 23.2 Å². The van der Waals surface area contributed by atoms with Crippen LogP contribution in [0, 0.1) is 0 Å². The van der Waals surface area contributed by atoms with Crippen molar-refractivity contribution in [3.8, 4) is 5.75 Å². The largest absolute Gasteiger partial charge is 0.491 e. The van der Waals surface area contributed by atoms with Crippen LogP contribution in [-0.2, 0) is 0 Å². The molecule has 0 heterocycles. The van der Waals surface area contributed by atoms with E-state index in [4.69, 9.17) is 33.0 Å². The Morgan fingerprint density at radius 2 is 2.07 bits per heavy atom. The molecule has 0 aliphatic heterocycles. The average Bonchev–Trinajstić information content (AvgIpc) is 2.20. The zero-order valence-electron chi connectivity index (χ0n) is 8.17. The van der Waals surface area contributed by atoms with E-state index < -0.39 is 0 Å². The zero-order valence-corrected chi connectivity index (χ0v) is 9.68. The van der Waals surface area contributed by atoms with Crippen LogP contribution in [0.3, 0.4) is 0 Å². The first-order valence-electron chi connectivity index (χ1n) is 4.63. The molecule has 0 spiro atoms. The van der Waals surface area contributed by atoms with E-state index in [-0.39, 0.29) is 6.61 Å². The first-order chi connectivity index (χ1) is 7.24. The van der Waals surface area contributed by atoms with Gasteiger partial charge in [0.25, 0.3) is 0 Å². The summed E-state index contributed by atoms with van der Waals surface area (Å²) in [4.78, 5) is 0. The molecule has 0 unspecified atom stereocenters. The van der Waals surface area contributed by atoms with Crippen LogP contribution in [0.4, 0.5) is 0 Å². The number of hydrogen-bond donors (Lipinski definition) is 2. The summed E-state index contributed by atoms with van der Waals surface area (Å²) in [5, 5.41) is 12.6. The lowest BCUT2D eigenvalue weighted by Gasteiger charge is -2.08. The molecular weight excluding hydrogens is 237 g/mol. The van der Waals surface area contributed by atoms with E-state index in [1.165, 1.54) is 0 Å². The van der Waals surface area contributed by atoms with Crippen molar-refractivity contribution in [1.29, 1.82) is 0 Å². The first kappa shape index (κ1) is 12.6. The molecule has 0 fully saturated rings. The molecule has 0 amide bonds. The second-order valence-corrected chi connectivity index (χ2v) is 3.74.